The van der Waals surface area contributed by atoms with Gasteiger partial charge in [0.2, 0.25) is 5.91 Å². The first kappa shape index (κ1) is 19.9. The minimum absolute atomic E-state index is 0.234. The maximum atomic E-state index is 13.8. The molecule has 0 spiro atoms. The summed E-state index contributed by atoms with van der Waals surface area (Å²) in [6.45, 7) is 2.26. The third kappa shape index (κ3) is 4.97. The highest BCUT2D eigenvalue weighted by Crippen LogP contribution is 2.26. The van der Waals surface area contributed by atoms with Crippen LogP contribution in [0.15, 0.2) is 67.0 Å². The molecular formula is C22H21FN4O3. The van der Waals surface area contributed by atoms with Gasteiger partial charge in [0, 0.05) is 31.2 Å². The van der Waals surface area contributed by atoms with Gasteiger partial charge >= 0.3 is 6.01 Å². The fourth-order valence-electron chi connectivity index (χ4n) is 3.30. The standard InChI is InChI=1S/C22H21FN4O3/c23-17-4-1-3-16(15-17)20(27-11-13-29-14-12-27)21(28)26-18-5-7-19(8-6-18)30-22-24-9-2-10-25-22/h1-10,15,20H,11-14H2,(H,26,28)/t20-/m1/s1. The van der Waals surface area contributed by atoms with E-state index in [1.165, 1.54) is 12.1 Å². The van der Waals surface area contributed by atoms with Gasteiger partial charge in [0.05, 0.1) is 13.2 Å². The smallest absolute Gasteiger partial charge is 0.321 e. The van der Waals surface area contributed by atoms with Crippen molar-refractivity contribution in [3.05, 3.63) is 78.4 Å². The van der Waals surface area contributed by atoms with Gasteiger partial charge in [0.25, 0.3) is 0 Å². The number of hydrogen-bond acceptors (Lipinski definition) is 6. The molecule has 4 rings (SSSR count). The maximum absolute atomic E-state index is 13.8. The van der Waals surface area contributed by atoms with Crippen molar-refractivity contribution in [2.45, 2.75) is 6.04 Å². The molecule has 30 heavy (non-hydrogen) atoms. The van der Waals surface area contributed by atoms with Crippen LogP contribution in [0.5, 0.6) is 11.8 Å². The van der Waals surface area contributed by atoms with E-state index in [1.807, 2.05) is 4.90 Å². The number of rotatable bonds is 6. The highest BCUT2D eigenvalue weighted by atomic mass is 19.1. The average Bonchev–Trinajstić information content (AvgIpc) is 2.77. The number of ether oxygens (including phenoxy) is 2. The molecular weight excluding hydrogens is 387 g/mol. The molecule has 7 nitrogen and oxygen atoms in total. The van der Waals surface area contributed by atoms with Crippen molar-refractivity contribution in [2.75, 3.05) is 31.6 Å². The first-order valence-electron chi connectivity index (χ1n) is 9.62. The second kappa shape index (κ2) is 9.43. The Bertz CT molecular complexity index is 979. The summed E-state index contributed by atoms with van der Waals surface area (Å²) < 4.78 is 24.8. The predicted octanol–water partition coefficient (Wildman–Crippen LogP) is 3.42. The van der Waals surface area contributed by atoms with Crippen LogP contribution < -0.4 is 10.1 Å². The molecule has 0 aliphatic carbocycles. The highest BCUT2D eigenvalue weighted by molar-refractivity contribution is 5.95. The molecule has 0 unspecified atom stereocenters. The van der Waals surface area contributed by atoms with Crippen molar-refractivity contribution in [1.29, 1.82) is 0 Å². The third-order valence-corrected chi connectivity index (χ3v) is 4.70. The average molecular weight is 408 g/mol. The van der Waals surface area contributed by atoms with E-state index in [4.69, 9.17) is 9.47 Å². The van der Waals surface area contributed by atoms with Gasteiger partial charge in [0.1, 0.15) is 17.6 Å². The molecule has 1 aromatic heterocycles. The van der Waals surface area contributed by atoms with Crippen LogP contribution in [-0.4, -0.2) is 47.1 Å². The van der Waals surface area contributed by atoms with Crippen molar-refractivity contribution in [2.24, 2.45) is 0 Å². The Hall–Kier alpha value is -3.36. The number of carbonyl (C=O) groups is 1. The molecule has 1 fully saturated rings. The lowest BCUT2D eigenvalue weighted by Crippen LogP contribution is -2.43. The van der Waals surface area contributed by atoms with Gasteiger partial charge in [-0.1, -0.05) is 12.1 Å². The summed E-state index contributed by atoms with van der Waals surface area (Å²) in [5.74, 6) is -0.0557. The number of aromatic nitrogens is 2. The number of carbonyl (C=O) groups excluding carboxylic acids is 1. The van der Waals surface area contributed by atoms with Crippen molar-refractivity contribution in [3.8, 4) is 11.8 Å². The summed E-state index contributed by atoms with van der Waals surface area (Å²) in [5, 5.41) is 2.92. The minimum atomic E-state index is -0.613. The molecule has 2 aromatic carbocycles. The van der Waals surface area contributed by atoms with Gasteiger partial charge in [-0.25, -0.2) is 14.4 Å². The molecule has 1 atom stereocenters. The van der Waals surface area contributed by atoms with Gasteiger partial charge in [-0.05, 0) is 48.0 Å². The van der Waals surface area contributed by atoms with Crippen LogP contribution in [0.3, 0.4) is 0 Å². The molecule has 1 aliphatic heterocycles. The van der Waals surface area contributed by atoms with Crippen LogP contribution in [0.1, 0.15) is 11.6 Å². The normalized spacial score (nSPS) is 15.4. The Morgan fingerprint density at radius 3 is 2.50 bits per heavy atom. The molecule has 0 radical (unpaired) electrons. The van der Waals surface area contributed by atoms with Gasteiger partial charge in [-0.15, -0.1) is 0 Å². The Morgan fingerprint density at radius 2 is 1.80 bits per heavy atom. The van der Waals surface area contributed by atoms with E-state index in [-0.39, 0.29) is 17.7 Å². The summed E-state index contributed by atoms with van der Waals surface area (Å²) in [5.41, 5.74) is 1.21. The van der Waals surface area contributed by atoms with Crippen LogP contribution in [0.4, 0.5) is 10.1 Å². The Morgan fingerprint density at radius 1 is 1.07 bits per heavy atom. The van der Waals surface area contributed by atoms with Crippen molar-refractivity contribution in [3.63, 3.8) is 0 Å². The summed E-state index contributed by atoms with van der Waals surface area (Å²) in [6.07, 6.45) is 3.18. The van der Waals surface area contributed by atoms with Gasteiger partial charge in [0.15, 0.2) is 0 Å². The van der Waals surface area contributed by atoms with Gasteiger partial charge < -0.3 is 14.8 Å². The highest BCUT2D eigenvalue weighted by Gasteiger charge is 2.29. The summed E-state index contributed by atoms with van der Waals surface area (Å²) >= 11 is 0. The van der Waals surface area contributed by atoms with E-state index in [0.717, 1.165) is 0 Å². The molecule has 8 heteroatoms. The monoisotopic (exact) mass is 408 g/mol. The summed E-state index contributed by atoms with van der Waals surface area (Å²) in [7, 11) is 0. The molecule has 3 aromatic rings. The lowest BCUT2D eigenvalue weighted by Gasteiger charge is -2.33. The second-order valence-electron chi connectivity index (χ2n) is 6.75. The lowest BCUT2D eigenvalue weighted by atomic mass is 10.0. The lowest BCUT2D eigenvalue weighted by molar-refractivity contribution is -0.123. The topological polar surface area (TPSA) is 76.6 Å². The van der Waals surface area contributed by atoms with Crippen LogP contribution in [0.2, 0.25) is 0 Å². The van der Waals surface area contributed by atoms with E-state index < -0.39 is 6.04 Å². The van der Waals surface area contributed by atoms with Gasteiger partial charge in [-0.2, -0.15) is 0 Å². The quantitative estimate of drug-likeness (QED) is 0.674. The SMILES string of the molecule is O=C(Nc1ccc(Oc2ncccn2)cc1)[C@@H](c1cccc(F)c1)N1CCOCC1. The molecule has 0 saturated carbocycles. The predicted molar refractivity (Wildman–Crippen MR) is 109 cm³/mol. The molecule has 1 amide bonds. The molecule has 0 bridgehead atoms. The first-order valence-corrected chi connectivity index (χ1v) is 9.62. The van der Waals surface area contributed by atoms with Gasteiger partial charge in [-0.3, -0.25) is 9.69 Å². The fraction of sp³-hybridized carbons (Fsp3) is 0.227. The number of nitrogens with one attached hydrogen (secondary N) is 1. The number of nitrogens with zero attached hydrogens (tertiary/aromatic N) is 3. The van der Waals surface area contributed by atoms with E-state index in [1.54, 1.807) is 54.9 Å². The number of halogens is 1. The van der Waals surface area contributed by atoms with Crippen molar-refractivity contribution < 1.29 is 18.7 Å². The largest absolute Gasteiger partial charge is 0.424 e. The number of hydrogen-bond donors (Lipinski definition) is 1. The number of amides is 1. The number of morpholine rings is 1. The molecule has 1 saturated heterocycles. The molecule has 1 N–H and O–H groups in total. The molecule has 1 aliphatic rings. The summed E-state index contributed by atoms with van der Waals surface area (Å²) in [6, 6.07) is 14.4. The van der Waals surface area contributed by atoms with Crippen molar-refractivity contribution in [1.82, 2.24) is 14.9 Å². The van der Waals surface area contributed by atoms with E-state index in [9.17, 15) is 9.18 Å². The van der Waals surface area contributed by atoms with E-state index in [0.29, 0.717) is 43.3 Å². The van der Waals surface area contributed by atoms with Crippen LogP contribution in [-0.2, 0) is 9.53 Å². The van der Waals surface area contributed by atoms with E-state index >= 15 is 0 Å². The fourth-order valence-corrected chi connectivity index (χ4v) is 3.30. The Kier molecular flexibility index (Phi) is 6.26. The minimum Gasteiger partial charge on any atom is -0.424 e. The van der Waals surface area contributed by atoms with Crippen LogP contribution in [0, 0.1) is 5.82 Å². The van der Waals surface area contributed by atoms with Crippen LogP contribution in [0.25, 0.3) is 0 Å². The zero-order valence-electron chi connectivity index (χ0n) is 16.2. The zero-order valence-corrected chi connectivity index (χ0v) is 16.2. The first-order chi connectivity index (χ1) is 14.7. The third-order valence-electron chi connectivity index (χ3n) is 4.70. The Balaban J connectivity index is 1.49. The molecule has 2 heterocycles. The van der Waals surface area contributed by atoms with E-state index in [2.05, 4.69) is 15.3 Å². The molecule has 154 valence electrons. The Labute approximate surface area is 173 Å². The van der Waals surface area contributed by atoms with Crippen molar-refractivity contribution >= 4 is 11.6 Å². The number of benzene rings is 2. The zero-order chi connectivity index (χ0) is 20.8. The second-order valence-corrected chi connectivity index (χ2v) is 6.75. The summed E-state index contributed by atoms with van der Waals surface area (Å²) in [4.78, 5) is 23.2. The number of anilines is 1. The maximum Gasteiger partial charge on any atom is 0.321 e. The van der Waals surface area contributed by atoms with Crippen LogP contribution >= 0.6 is 0 Å².